The highest BCUT2D eigenvalue weighted by atomic mass is 19.1. The second kappa shape index (κ2) is 4.53. The highest BCUT2D eigenvalue weighted by Crippen LogP contribution is 2.25. The van der Waals surface area contributed by atoms with Gasteiger partial charge in [-0.2, -0.15) is 4.98 Å². The monoisotopic (exact) mass is 250 g/mol. The van der Waals surface area contributed by atoms with Gasteiger partial charge in [0, 0.05) is 6.54 Å². The number of aromatic nitrogens is 3. The lowest BCUT2D eigenvalue weighted by Gasteiger charge is -2.08. The maximum Gasteiger partial charge on any atom is 0.243 e. The van der Waals surface area contributed by atoms with Gasteiger partial charge in [-0.15, -0.1) is 5.10 Å². The summed E-state index contributed by atoms with van der Waals surface area (Å²) in [6, 6.07) is 2.95. The van der Waals surface area contributed by atoms with Gasteiger partial charge in [0.1, 0.15) is 5.82 Å². The van der Waals surface area contributed by atoms with Crippen molar-refractivity contribution in [1.82, 2.24) is 14.6 Å². The van der Waals surface area contributed by atoms with Gasteiger partial charge in [-0.3, -0.25) is 0 Å². The SMILES string of the molecule is OC1CCC(CNc2nc3ccc(F)cn3n2)C1. The van der Waals surface area contributed by atoms with Gasteiger partial charge in [0.25, 0.3) is 0 Å². The second-order valence-electron chi connectivity index (χ2n) is 4.80. The number of nitrogens with zero attached hydrogens (tertiary/aromatic N) is 3. The van der Waals surface area contributed by atoms with Crippen LogP contribution in [-0.4, -0.2) is 32.4 Å². The number of aliphatic hydroxyl groups is 1. The van der Waals surface area contributed by atoms with Crippen LogP contribution in [-0.2, 0) is 0 Å². The number of fused-ring (bicyclic) bond motifs is 1. The molecule has 2 heterocycles. The van der Waals surface area contributed by atoms with Crippen LogP contribution in [0.4, 0.5) is 10.3 Å². The van der Waals surface area contributed by atoms with E-state index in [1.807, 2.05) is 0 Å². The highest BCUT2D eigenvalue weighted by Gasteiger charge is 2.22. The molecule has 0 aromatic carbocycles. The molecule has 2 N–H and O–H groups in total. The molecule has 2 atom stereocenters. The van der Waals surface area contributed by atoms with E-state index >= 15 is 0 Å². The summed E-state index contributed by atoms with van der Waals surface area (Å²) < 4.78 is 14.4. The Bertz CT molecular complexity index is 556. The molecular weight excluding hydrogens is 235 g/mol. The van der Waals surface area contributed by atoms with E-state index in [2.05, 4.69) is 15.4 Å². The third-order valence-corrected chi connectivity index (χ3v) is 3.36. The van der Waals surface area contributed by atoms with Crippen LogP contribution in [0, 0.1) is 11.7 Å². The first kappa shape index (κ1) is 11.4. The number of pyridine rings is 1. The minimum absolute atomic E-state index is 0.167. The van der Waals surface area contributed by atoms with Gasteiger partial charge in [0.2, 0.25) is 5.95 Å². The van der Waals surface area contributed by atoms with E-state index in [0.717, 1.165) is 25.8 Å². The Hall–Kier alpha value is -1.69. The zero-order valence-electron chi connectivity index (χ0n) is 9.88. The Morgan fingerprint density at radius 1 is 1.44 bits per heavy atom. The van der Waals surface area contributed by atoms with Crippen molar-refractivity contribution >= 4 is 11.6 Å². The smallest absolute Gasteiger partial charge is 0.243 e. The number of rotatable bonds is 3. The first-order valence-electron chi connectivity index (χ1n) is 6.14. The third-order valence-electron chi connectivity index (χ3n) is 3.36. The molecule has 0 amide bonds. The minimum atomic E-state index is -0.335. The van der Waals surface area contributed by atoms with Crippen molar-refractivity contribution in [3.63, 3.8) is 0 Å². The number of hydrogen-bond donors (Lipinski definition) is 2. The number of halogens is 1. The maximum absolute atomic E-state index is 13.0. The molecule has 0 saturated heterocycles. The molecule has 3 rings (SSSR count). The molecule has 1 saturated carbocycles. The molecule has 1 aliphatic rings. The molecule has 0 aliphatic heterocycles. The summed E-state index contributed by atoms with van der Waals surface area (Å²) in [5.74, 6) is 0.628. The summed E-state index contributed by atoms with van der Waals surface area (Å²) in [4.78, 5) is 4.25. The molecule has 5 nitrogen and oxygen atoms in total. The average Bonchev–Trinajstić information content (AvgIpc) is 2.92. The molecule has 96 valence electrons. The lowest BCUT2D eigenvalue weighted by atomic mass is 10.1. The summed E-state index contributed by atoms with van der Waals surface area (Å²) in [5.41, 5.74) is 0.616. The molecule has 18 heavy (non-hydrogen) atoms. The van der Waals surface area contributed by atoms with Crippen LogP contribution in [0.1, 0.15) is 19.3 Å². The van der Waals surface area contributed by atoms with Crippen LogP contribution in [0.15, 0.2) is 18.3 Å². The zero-order valence-corrected chi connectivity index (χ0v) is 9.88. The van der Waals surface area contributed by atoms with Gasteiger partial charge >= 0.3 is 0 Å². The van der Waals surface area contributed by atoms with E-state index in [4.69, 9.17) is 0 Å². The van der Waals surface area contributed by atoms with Crippen molar-refractivity contribution in [3.8, 4) is 0 Å². The molecule has 0 radical (unpaired) electrons. The topological polar surface area (TPSA) is 62.5 Å². The van der Waals surface area contributed by atoms with Gasteiger partial charge in [0.15, 0.2) is 5.65 Å². The van der Waals surface area contributed by atoms with Crippen LogP contribution < -0.4 is 5.32 Å². The van der Waals surface area contributed by atoms with Crippen LogP contribution in [0.25, 0.3) is 5.65 Å². The molecule has 2 unspecified atom stereocenters. The Morgan fingerprint density at radius 3 is 3.11 bits per heavy atom. The normalized spacial score (nSPS) is 23.7. The van der Waals surface area contributed by atoms with E-state index in [1.165, 1.54) is 16.8 Å². The Kier molecular flexibility index (Phi) is 2.87. The summed E-state index contributed by atoms with van der Waals surface area (Å²) >= 11 is 0. The van der Waals surface area contributed by atoms with Gasteiger partial charge < -0.3 is 10.4 Å². The highest BCUT2D eigenvalue weighted by molar-refractivity contribution is 5.43. The summed E-state index contributed by atoms with van der Waals surface area (Å²) in [6.45, 7) is 0.746. The summed E-state index contributed by atoms with van der Waals surface area (Å²) in [6.07, 6.45) is 3.86. The van der Waals surface area contributed by atoms with Crippen molar-refractivity contribution in [1.29, 1.82) is 0 Å². The first-order chi connectivity index (χ1) is 8.70. The molecule has 0 spiro atoms. The fraction of sp³-hybridized carbons (Fsp3) is 0.500. The quantitative estimate of drug-likeness (QED) is 0.865. The molecule has 1 fully saturated rings. The van der Waals surface area contributed by atoms with E-state index in [-0.39, 0.29) is 11.9 Å². The fourth-order valence-corrected chi connectivity index (χ4v) is 2.40. The van der Waals surface area contributed by atoms with E-state index in [1.54, 1.807) is 6.07 Å². The fourth-order valence-electron chi connectivity index (χ4n) is 2.40. The molecule has 0 bridgehead atoms. The first-order valence-corrected chi connectivity index (χ1v) is 6.14. The lowest BCUT2D eigenvalue weighted by Crippen LogP contribution is -2.13. The van der Waals surface area contributed by atoms with Gasteiger partial charge in [-0.05, 0) is 37.3 Å². The molecule has 2 aromatic rings. The largest absolute Gasteiger partial charge is 0.393 e. The number of hydrogen-bond acceptors (Lipinski definition) is 4. The molecule has 2 aromatic heterocycles. The van der Waals surface area contributed by atoms with E-state index in [9.17, 15) is 9.50 Å². The molecule has 1 aliphatic carbocycles. The van der Waals surface area contributed by atoms with E-state index in [0.29, 0.717) is 17.5 Å². The number of nitrogens with one attached hydrogen (secondary N) is 1. The van der Waals surface area contributed by atoms with Crippen LogP contribution in [0.2, 0.25) is 0 Å². The maximum atomic E-state index is 13.0. The zero-order chi connectivity index (χ0) is 12.5. The predicted octanol–water partition coefficient (Wildman–Crippen LogP) is 1.44. The van der Waals surface area contributed by atoms with Crippen molar-refractivity contribution in [2.45, 2.75) is 25.4 Å². The standard InChI is InChI=1S/C12H15FN4O/c13-9-2-4-11-15-12(16-17(11)7-9)14-6-8-1-3-10(18)5-8/h2,4,7-8,10,18H,1,3,5-6H2,(H,14,16). The summed E-state index contributed by atoms with van der Waals surface area (Å²) in [5, 5.41) is 16.7. The molecular formula is C12H15FN4O. The third kappa shape index (κ3) is 2.28. The Balaban J connectivity index is 1.67. The van der Waals surface area contributed by atoms with Crippen molar-refractivity contribution in [3.05, 3.63) is 24.1 Å². The Morgan fingerprint density at radius 2 is 2.33 bits per heavy atom. The van der Waals surface area contributed by atoms with Gasteiger partial charge in [-0.25, -0.2) is 8.91 Å². The van der Waals surface area contributed by atoms with Gasteiger partial charge in [0.05, 0.1) is 12.3 Å². The number of anilines is 1. The van der Waals surface area contributed by atoms with Gasteiger partial charge in [-0.1, -0.05) is 0 Å². The Labute approximate surface area is 104 Å². The predicted molar refractivity (Wildman–Crippen MR) is 64.8 cm³/mol. The minimum Gasteiger partial charge on any atom is -0.393 e. The van der Waals surface area contributed by atoms with E-state index < -0.39 is 0 Å². The van der Waals surface area contributed by atoms with Crippen molar-refractivity contribution in [2.75, 3.05) is 11.9 Å². The number of aliphatic hydroxyl groups excluding tert-OH is 1. The van der Waals surface area contributed by atoms with Crippen molar-refractivity contribution < 1.29 is 9.50 Å². The summed E-state index contributed by atoms with van der Waals surface area (Å²) in [7, 11) is 0. The van der Waals surface area contributed by atoms with Crippen LogP contribution >= 0.6 is 0 Å². The average molecular weight is 250 g/mol. The lowest BCUT2D eigenvalue weighted by molar-refractivity contribution is 0.178. The second-order valence-corrected chi connectivity index (χ2v) is 4.80. The van der Waals surface area contributed by atoms with Crippen LogP contribution in [0.5, 0.6) is 0 Å². The van der Waals surface area contributed by atoms with Crippen LogP contribution in [0.3, 0.4) is 0 Å². The van der Waals surface area contributed by atoms with Crippen molar-refractivity contribution in [2.24, 2.45) is 5.92 Å². The molecule has 6 heteroatoms.